The van der Waals surface area contributed by atoms with Crippen molar-refractivity contribution in [2.75, 3.05) is 17.4 Å². The topological polar surface area (TPSA) is 68.3 Å². The molecule has 3 aliphatic rings. The molecule has 0 unspecified atom stereocenters. The summed E-state index contributed by atoms with van der Waals surface area (Å²) < 4.78 is 10.8. The van der Waals surface area contributed by atoms with Gasteiger partial charge in [-0.3, -0.25) is 0 Å². The minimum absolute atomic E-state index is 0.285. The molecular formula is C19H22N4O2. The molecule has 0 atom stereocenters. The van der Waals surface area contributed by atoms with Crippen LogP contribution in [0.4, 0.5) is 17.5 Å². The second-order valence-corrected chi connectivity index (χ2v) is 7.09. The van der Waals surface area contributed by atoms with Crippen molar-refractivity contribution in [2.45, 2.75) is 50.5 Å². The van der Waals surface area contributed by atoms with Crippen molar-refractivity contribution in [3.63, 3.8) is 0 Å². The predicted molar refractivity (Wildman–Crippen MR) is 95.7 cm³/mol. The van der Waals surface area contributed by atoms with Gasteiger partial charge in [-0.25, -0.2) is 4.98 Å². The van der Waals surface area contributed by atoms with Gasteiger partial charge >= 0.3 is 0 Å². The quantitative estimate of drug-likeness (QED) is 0.852. The molecule has 2 fully saturated rings. The fraction of sp³-hybridized carbons (Fsp3) is 0.474. The van der Waals surface area contributed by atoms with Crippen molar-refractivity contribution >= 4 is 17.5 Å². The molecule has 2 N–H and O–H groups in total. The Morgan fingerprint density at radius 3 is 2.60 bits per heavy atom. The Bertz CT molecular complexity index is 785. The molecule has 1 aliphatic heterocycles. The third-order valence-electron chi connectivity index (χ3n) is 5.07. The molecule has 0 saturated heterocycles. The normalized spacial score (nSPS) is 19.2. The Hall–Kier alpha value is -2.50. The molecule has 2 saturated carbocycles. The SMILES string of the molecule is c1cc2c(cc1Nc1cc(C3CC3)nc(NC3CCCC3)n1)OCO2. The zero-order chi connectivity index (χ0) is 16.6. The number of hydrogen-bond acceptors (Lipinski definition) is 6. The first kappa shape index (κ1) is 14.8. The lowest BCUT2D eigenvalue weighted by Gasteiger charge is -2.15. The largest absolute Gasteiger partial charge is 0.454 e. The van der Waals surface area contributed by atoms with Gasteiger partial charge in [0.1, 0.15) is 5.82 Å². The highest BCUT2D eigenvalue weighted by molar-refractivity contribution is 5.63. The van der Waals surface area contributed by atoms with E-state index in [1.165, 1.54) is 38.5 Å². The monoisotopic (exact) mass is 338 g/mol. The van der Waals surface area contributed by atoms with E-state index in [0.717, 1.165) is 34.6 Å². The van der Waals surface area contributed by atoms with Crippen molar-refractivity contribution in [1.29, 1.82) is 0 Å². The van der Waals surface area contributed by atoms with Gasteiger partial charge in [0.25, 0.3) is 0 Å². The van der Waals surface area contributed by atoms with Gasteiger partial charge in [0.05, 0.1) is 5.69 Å². The third-order valence-corrected chi connectivity index (χ3v) is 5.07. The lowest BCUT2D eigenvalue weighted by molar-refractivity contribution is 0.174. The van der Waals surface area contributed by atoms with E-state index in [-0.39, 0.29) is 6.79 Å². The lowest BCUT2D eigenvalue weighted by Crippen LogP contribution is -2.17. The van der Waals surface area contributed by atoms with Gasteiger partial charge in [0.15, 0.2) is 11.5 Å². The van der Waals surface area contributed by atoms with Gasteiger partial charge in [0, 0.05) is 29.8 Å². The summed E-state index contributed by atoms with van der Waals surface area (Å²) in [6.45, 7) is 0.285. The van der Waals surface area contributed by atoms with Crippen LogP contribution in [0.2, 0.25) is 0 Å². The summed E-state index contributed by atoms with van der Waals surface area (Å²) in [5.74, 6) is 3.72. The van der Waals surface area contributed by atoms with Crippen LogP contribution in [0.25, 0.3) is 0 Å². The van der Waals surface area contributed by atoms with Crippen LogP contribution in [0.1, 0.15) is 50.1 Å². The van der Waals surface area contributed by atoms with Gasteiger partial charge in [-0.05, 0) is 37.8 Å². The molecule has 1 aromatic heterocycles. The molecule has 25 heavy (non-hydrogen) atoms. The second-order valence-electron chi connectivity index (χ2n) is 7.09. The second kappa shape index (κ2) is 6.10. The van der Waals surface area contributed by atoms with E-state index in [9.17, 15) is 0 Å². The van der Waals surface area contributed by atoms with Crippen LogP contribution in [-0.4, -0.2) is 22.8 Å². The Labute approximate surface area is 147 Å². The summed E-state index contributed by atoms with van der Waals surface area (Å²) in [5.41, 5.74) is 2.08. The Morgan fingerprint density at radius 2 is 1.76 bits per heavy atom. The number of benzene rings is 1. The Morgan fingerprint density at radius 1 is 0.920 bits per heavy atom. The van der Waals surface area contributed by atoms with Gasteiger partial charge in [-0.1, -0.05) is 12.8 Å². The van der Waals surface area contributed by atoms with Crippen LogP contribution < -0.4 is 20.1 Å². The maximum atomic E-state index is 5.45. The highest BCUT2D eigenvalue weighted by atomic mass is 16.7. The molecule has 2 heterocycles. The average Bonchev–Trinajstić information content (AvgIpc) is 3.15. The molecule has 0 spiro atoms. The summed E-state index contributed by atoms with van der Waals surface area (Å²) in [6, 6.07) is 8.43. The van der Waals surface area contributed by atoms with E-state index in [0.29, 0.717) is 12.0 Å². The van der Waals surface area contributed by atoms with E-state index < -0.39 is 0 Å². The minimum Gasteiger partial charge on any atom is -0.454 e. The number of ether oxygens (including phenoxy) is 2. The van der Waals surface area contributed by atoms with E-state index in [1.54, 1.807) is 0 Å². The summed E-state index contributed by atoms with van der Waals surface area (Å²) in [7, 11) is 0. The number of anilines is 3. The number of fused-ring (bicyclic) bond motifs is 1. The number of aromatic nitrogens is 2. The first-order valence-electron chi connectivity index (χ1n) is 9.16. The summed E-state index contributed by atoms with van der Waals surface area (Å²) >= 11 is 0. The highest BCUT2D eigenvalue weighted by Gasteiger charge is 2.27. The standard InChI is InChI=1S/C19H22N4O2/c1-2-4-13(3-1)21-19-22-15(12-5-6-12)10-18(23-19)20-14-7-8-16-17(9-14)25-11-24-16/h7-10,12-13H,1-6,11H2,(H2,20,21,22,23). The molecule has 2 aliphatic carbocycles. The smallest absolute Gasteiger partial charge is 0.231 e. The van der Waals surface area contributed by atoms with E-state index in [1.807, 2.05) is 18.2 Å². The van der Waals surface area contributed by atoms with Crippen molar-refractivity contribution in [2.24, 2.45) is 0 Å². The average molecular weight is 338 g/mol. The predicted octanol–water partition coefficient (Wildman–Crippen LogP) is 4.18. The summed E-state index contributed by atoms with van der Waals surface area (Å²) in [5, 5.41) is 6.92. The van der Waals surface area contributed by atoms with E-state index in [2.05, 4.69) is 16.7 Å². The van der Waals surface area contributed by atoms with Gasteiger partial charge < -0.3 is 20.1 Å². The van der Waals surface area contributed by atoms with Crippen LogP contribution in [0.15, 0.2) is 24.3 Å². The van der Waals surface area contributed by atoms with E-state index >= 15 is 0 Å². The molecule has 0 amide bonds. The molecule has 0 bridgehead atoms. The molecular weight excluding hydrogens is 316 g/mol. The van der Waals surface area contributed by atoms with Gasteiger partial charge in [0.2, 0.25) is 12.7 Å². The van der Waals surface area contributed by atoms with Crippen LogP contribution in [0, 0.1) is 0 Å². The number of rotatable bonds is 5. The maximum absolute atomic E-state index is 5.45. The molecule has 130 valence electrons. The molecule has 0 radical (unpaired) electrons. The van der Waals surface area contributed by atoms with Gasteiger partial charge in [-0.2, -0.15) is 4.98 Å². The summed E-state index contributed by atoms with van der Waals surface area (Å²) in [6.07, 6.45) is 7.46. The molecule has 2 aromatic rings. The molecule has 5 rings (SSSR count). The van der Waals surface area contributed by atoms with Gasteiger partial charge in [-0.15, -0.1) is 0 Å². The first-order chi connectivity index (χ1) is 12.3. The van der Waals surface area contributed by atoms with Crippen LogP contribution in [-0.2, 0) is 0 Å². The summed E-state index contributed by atoms with van der Waals surface area (Å²) in [4.78, 5) is 9.44. The third kappa shape index (κ3) is 3.21. The molecule has 6 nitrogen and oxygen atoms in total. The number of hydrogen-bond donors (Lipinski definition) is 2. The number of nitrogens with one attached hydrogen (secondary N) is 2. The Balaban J connectivity index is 1.40. The lowest BCUT2D eigenvalue weighted by atomic mass is 10.2. The van der Waals surface area contributed by atoms with Crippen molar-refractivity contribution < 1.29 is 9.47 Å². The van der Waals surface area contributed by atoms with Crippen molar-refractivity contribution in [1.82, 2.24) is 9.97 Å². The van der Waals surface area contributed by atoms with Crippen LogP contribution in [0.5, 0.6) is 11.5 Å². The minimum atomic E-state index is 0.285. The zero-order valence-electron chi connectivity index (χ0n) is 14.1. The zero-order valence-corrected chi connectivity index (χ0v) is 14.1. The van der Waals surface area contributed by atoms with Crippen molar-refractivity contribution in [3.05, 3.63) is 30.0 Å². The molecule has 6 heteroatoms. The fourth-order valence-corrected chi connectivity index (χ4v) is 3.56. The van der Waals surface area contributed by atoms with E-state index in [4.69, 9.17) is 19.4 Å². The molecule has 1 aromatic carbocycles. The van der Waals surface area contributed by atoms with Crippen molar-refractivity contribution in [3.8, 4) is 11.5 Å². The Kier molecular flexibility index (Phi) is 3.61. The fourth-order valence-electron chi connectivity index (χ4n) is 3.56. The van der Waals surface area contributed by atoms with Crippen LogP contribution in [0.3, 0.4) is 0 Å². The number of nitrogens with zero attached hydrogens (tertiary/aromatic N) is 2. The first-order valence-corrected chi connectivity index (χ1v) is 9.16. The van der Waals surface area contributed by atoms with Crippen LogP contribution >= 0.6 is 0 Å². The maximum Gasteiger partial charge on any atom is 0.231 e. The highest BCUT2D eigenvalue weighted by Crippen LogP contribution is 2.40.